The van der Waals surface area contributed by atoms with Gasteiger partial charge in [-0.05, 0) is 37.4 Å². The molecule has 6 heteroatoms. The van der Waals surface area contributed by atoms with E-state index in [0.29, 0.717) is 26.2 Å². The van der Waals surface area contributed by atoms with Crippen LogP contribution in [0.1, 0.15) is 79.1 Å². The molecule has 0 saturated carbocycles. The molecule has 0 aromatic carbocycles. The maximum absolute atomic E-state index is 12.6. The van der Waals surface area contributed by atoms with E-state index in [9.17, 15) is 10.2 Å². The second kappa shape index (κ2) is 19.5. The Morgan fingerprint density at radius 1 is 0.542 bits per heavy atom. The third kappa shape index (κ3) is 12.5. The molecule has 0 heterocycles. The van der Waals surface area contributed by atoms with Crippen molar-refractivity contribution in [2.45, 2.75) is 79.1 Å². The van der Waals surface area contributed by atoms with Gasteiger partial charge in [0.05, 0.1) is 0 Å². The average molecular weight is 326 g/mol. The largest absolute Gasteiger partial charge is 1.00 e. The molecule has 0 aromatic heterocycles. The van der Waals surface area contributed by atoms with E-state index in [1.807, 2.05) is 0 Å². The van der Waals surface area contributed by atoms with Crippen molar-refractivity contribution in [1.29, 1.82) is 0 Å². The molecule has 0 amide bonds. The third-order valence-electron chi connectivity index (χ3n) is 3.88. The van der Waals surface area contributed by atoms with E-state index in [-0.39, 0.29) is 49.5 Å². The number of rotatable bonds is 14. The van der Waals surface area contributed by atoms with E-state index in [1.54, 1.807) is 9.80 Å². The quantitative estimate of drug-likeness (QED) is 0.247. The van der Waals surface area contributed by atoms with Gasteiger partial charge >= 0.3 is 37.7 Å². The van der Waals surface area contributed by atoms with E-state index in [2.05, 4.69) is 27.7 Å². The van der Waals surface area contributed by atoms with Crippen LogP contribution in [0.4, 0.5) is 0 Å². The molecule has 0 aliphatic rings. The monoisotopic (exact) mass is 326 g/mol. The minimum atomic E-state index is -0.297. The van der Waals surface area contributed by atoms with Gasteiger partial charge in [0.1, 0.15) is 0 Å². The molecular formula is C18H36Li2N2O2. The summed E-state index contributed by atoms with van der Waals surface area (Å²) < 4.78 is 0. The van der Waals surface area contributed by atoms with Gasteiger partial charge in [-0.25, -0.2) is 0 Å². The van der Waals surface area contributed by atoms with Gasteiger partial charge in [-0.2, -0.15) is 0 Å². The smallest absolute Gasteiger partial charge is 0.860 e. The average Bonchev–Trinajstić information content (AvgIpc) is 2.54. The van der Waals surface area contributed by atoms with Crippen molar-refractivity contribution in [3.63, 3.8) is 0 Å². The van der Waals surface area contributed by atoms with Gasteiger partial charge in [0.15, 0.2) is 0 Å². The van der Waals surface area contributed by atoms with Crippen molar-refractivity contribution < 1.29 is 47.9 Å². The molecule has 0 aliphatic carbocycles. The Hall–Kier alpha value is 0.135. The van der Waals surface area contributed by atoms with Crippen molar-refractivity contribution in [2.75, 3.05) is 26.2 Å². The zero-order chi connectivity index (χ0) is 16.8. The van der Waals surface area contributed by atoms with Gasteiger partial charge in [0, 0.05) is 26.2 Å². The summed E-state index contributed by atoms with van der Waals surface area (Å²) in [5.41, 5.74) is 0. The molecule has 0 atom stereocenters. The summed E-state index contributed by atoms with van der Waals surface area (Å²) in [7, 11) is 0. The first-order valence-corrected chi connectivity index (χ1v) is 9.20. The summed E-state index contributed by atoms with van der Waals surface area (Å²) in [6, 6.07) is 0. The first-order chi connectivity index (χ1) is 10.6. The van der Waals surface area contributed by atoms with E-state index < -0.39 is 0 Å². The SMILES string of the molecule is CCCCN(CCCC)C([O-])=C([O-])N(CCCC)CCCC.[Li+].[Li+]. The van der Waals surface area contributed by atoms with Crippen molar-refractivity contribution >= 4 is 0 Å². The molecule has 0 spiro atoms. The van der Waals surface area contributed by atoms with Crippen molar-refractivity contribution in [2.24, 2.45) is 0 Å². The molecule has 4 nitrogen and oxygen atoms in total. The summed E-state index contributed by atoms with van der Waals surface area (Å²) in [5.74, 6) is -0.594. The molecule has 0 saturated heterocycles. The zero-order valence-electron chi connectivity index (χ0n) is 17.2. The summed E-state index contributed by atoms with van der Waals surface area (Å²) in [4.78, 5) is 3.53. The van der Waals surface area contributed by atoms with Crippen LogP contribution in [0.25, 0.3) is 0 Å². The molecule has 0 rings (SSSR count). The van der Waals surface area contributed by atoms with E-state index in [1.165, 1.54) is 0 Å². The van der Waals surface area contributed by atoms with Crippen LogP contribution in [-0.2, 0) is 0 Å². The number of hydrogen-bond donors (Lipinski definition) is 0. The summed E-state index contributed by atoms with van der Waals surface area (Å²) in [5, 5.41) is 25.1. The molecule has 24 heavy (non-hydrogen) atoms. The van der Waals surface area contributed by atoms with Gasteiger partial charge in [-0.1, -0.05) is 53.4 Å². The molecule has 0 unspecified atom stereocenters. The predicted octanol–water partition coefficient (Wildman–Crippen LogP) is -3.35. The fourth-order valence-corrected chi connectivity index (χ4v) is 2.30. The Labute approximate surface area is 174 Å². The van der Waals surface area contributed by atoms with Gasteiger partial charge in [-0.15, -0.1) is 0 Å². The minimum absolute atomic E-state index is 0. The predicted molar refractivity (Wildman–Crippen MR) is 89.8 cm³/mol. The Bertz CT molecular complexity index is 259. The molecule has 132 valence electrons. The van der Waals surface area contributed by atoms with Crippen LogP contribution in [0.2, 0.25) is 0 Å². The molecule has 0 aromatic rings. The molecule has 0 N–H and O–H groups in total. The molecule has 0 fully saturated rings. The molecule has 0 radical (unpaired) electrons. The Morgan fingerprint density at radius 3 is 0.917 bits per heavy atom. The van der Waals surface area contributed by atoms with Crippen LogP contribution in [-0.4, -0.2) is 36.0 Å². The van der Waals surface area contributed by atoms with Crippen LogP contribution < -0.4 is 47.9 Å². The van der Waals surface area contributed by atoms with Crippen molar-refractivity contribution in [1.82, 2.24) is 9.80 Å². The third-order valence-corrected chi connectivity index (χ3v) is 3.88. The fraction of sp³-hybridized carbons (Fsp3) is 0.889. The standard InChI is InChI=1S/C18H38N2O2.2Li/c1-5-9-13-19(14-10-6-2)17(21)18(22)20(15-11-7-3)16-12-8-4;;/h21-22H,5-16H2,1-4H3;;/q;2*+1/p-2. The summed E-state index contributed by atoms with van der Waals surface area (Å²) in [6.07, 6.45) is 8.02. The van der Waals surface area contributed by atoms with Crippen LogP contribution in [0.3, 0.4) is 0 Å². The van der Waals surface area contributed by atoms with Crippen LogP contribution in [0.15, 0.2) is 11.8 Å². The van der Waals surface area contributed by atoms with E-state index in [4.69, 9.17) is 0 Å². The number of unbranched alkanes of at least 4 members (excludes halogenated alkanes) is 4. The Balaban J connectivity index is -0.00000220. The van der Waals surface area contributed by atoms with Crippen molar-refractivity contribution in [3.05, 3.63) is 11.8 Å². The molecular weight excluding hydrogens is 290 g/mol. The second-order valence-corrected chi connectivity index (χ2v) is 6.00. The number of nitrogens with zero attached hydrogens (tertiary/aromatic N) is 2. The number of hydrogen-bond acceptors (Lipinski definition) is 4. The topological polar surface area (TPSA) is 52.6 Å². The van der Waals surface area contributed by atoms with Crippen molar-refractivity contribution in [3.8, 4) is 0 Å². The van der Waals surface area contributed by atoms with Crippen LogP contribution in [0.5, 0.6) is 0 Å². The van der Waals surface area contributed by atoms with Gasteiger partial charge < -0.3 is 20.0 Å². The Kier molecular flexibility index (Phi) is 23.4. The Morgan fingerprint density at radius 2 is 0.750 bits per heavy atom. The van der Waals surface area contributed by atoms with Gasteiger partial charge in [-0.3, -0.25) is 0 Å². The normalized spacial score (nSPS) is 11.2. The molecule has 0 aliphatic heterocycles. The minimum Gasteiger partial charge on any atom is -0.860 e. The van der Waals surface area contributed by atoms with E-state index in [0.717, 1.165) is 51.4 Å². The maximum Gasteiger partial charge on any atom is 1.00 e. The van der Waals surface area contributed by atoms with E-state index >= 15 is 0 Å². The first-order valence-electron chi connectivity index (χ1n) is 9.20. The maximum atomic E-state index is 12.6. The first kappa shape index (κ1) is 28.9. The molecule has 0 bridgehead atoms. The zero-order valence-corrected chi connectivity index (χ0v) is 17.2. The second-order valence-electron chi connectivity index (χ2n) is 6.00. The summed E-state index contributed by atoms with van der Waals surface area (Å²) in [6.45, 7) is 11.3. The fourth-order valence-electron chi connectivity index (χ4n) is 2.30. The van der Waals surface area contributed by atoms with Gasteiger partial charge in [0.25, 0.3) is 0 Å². The van der Waals surface area contributed by atoms with Crippen LogP contribution in [0, 0.1) is 0 Å². The summed E-state index contributed by atoms with van der Waals surface area (Å²) >= 11 is 0. The van der Waals surface area contributed by atoms with Gasteiger partial charge in [0.2, 0.25) is 0 Å². The van der Waals surface area contributed by atoms with Crippen LogP contribution >= 0.6 is 0 Å².